The number of carbonyl (C=O) groups is 1. The molecule has 0 aliphatic heterocycles. The Hall–Kier alpha value is -0.570. The molecular formula is C12H24N2O. The summed E-state index contributed by atoms with van der Waals surface area (Å²) in [5.74, 6) is 1.19. The van der Waals surface area contributed by atoms with Crippen molar-refractivity contribution in [2.24, 2.45) is 11.8 Å². The van der Waals surface area contributed by atoms with Gasteiger partial charge >= 0.3 is 0 Å². The molecule has 0 saturated heterocycles. The lowest BCUT2D eigenvalue weighted by molar-refractivity contribution is -0.122. The van der Waals surface area contributed by atoms with Gasteiger partial charge in [0.15, 0.2) is 0 Å². The van der Waals surface area contributed by atoms with Crippen LogP contribution in [0.15, 0.2) is 0 Å². The minimum atomic E-state index is 0.259. The van der Waals surface area contributed by atoms with E-state index in [0.717, 1.165) is 25.9 Å². The molecule has 3 nitrogen and oxygen atoms in total. The number of carbonyl (C=O) groups excluding carboxylic acids is 1. The molecule has 1 aliphatic rings. The Morgan fingerprint density at radius 1 is 1.53 bits per heavy atom. The summed E-state index contributed by atoms with van der Waals surface area (Å²) in [6, 6.07) is 0.587. The normalized spacial score (nSPS) is 24.7. The largest absolute Gasteiger partial charge is 0.356 e. The van der Waals surface area contributed by atoms with Gasteiger partial charge in [0.25, 0.3) is 0 Å². The Bertz CT molecular complexity index is 216. The topological polar surface area (TPSA) is 32.3 Å². The molecule has 0 aromatic heterocycles. The molecule has 1 aliphatic carbocycles. The fourth-order valence-corrected chi connectivity index (χ4v) is 1.62. The molecule has 2 atom stereocenters. The minimum absolute atomic E-state index is 0.259. The zero-order valence-electron chi connectivity index (χ0n) is 10.4. The van der Waals surface area contributed by atoms with Gasteiger partial charge < -0.3 is 10.2 Å². The summed E-state index contributed by atoms with van der Waals surface area (Å²) in [6.45, 7) is 8.38. The average molecular weight is 212 g/mol. The van der Waals surface area contributed by atoms with Crippen LogP contribution in [0.4, 0.5) is 0 Å². The number of hydrogen-bond acceptors (Lipinski definition) is 2. The lowest BCUT2D eigenvalue weighted by atomic mass is 10.3. The first-order valence-electron chi connectivity index (χ1n) is 6.00. The van der Waals surface area contributed by atoms with Crippen LogP contribution in [0.2, 0.25) is 0 Å². The zero-order valence-corrected chi connectivity index (χ0v) is 10.4. The molecule has 15 heavy (non-hydrogen) atoms. The third-order valence-electron chi connectivity index (χ3n) is 3.31. The van der Waals surface area contributed by atoms with Gasteiger partial charge in [-0.25, -0.2) is 0 Å². The van der Waals surface area contributed by atoms with E-state index < -0.39 is 0 Å². The van der Waals surface area contributed by atoms with Crippen molar-refractivity contribution in [3.8, 4) is 0 Å². The van der Waals surface area contributed by atoms with Gasteiger partial charge in [-0.2, -0.15) is 0 Å². The molecule has 0 heterocycles. The predicted octanol–water partition coefficient (Wildman–Crippen LogP) is 1.49. The number of rotatable bonds is 6. The van der Waals surface area contributed by atoms with Crippen LogP contribution in [-0.2, 0) is 4.79 Å². The highest BCUT2D eigenvalue weighted by atomic mass is 16.2. The lowest BCUT2D eigenvalue weighted by Crippen LogP contribution is -2.32. The maximum atomic E-state index is 11.5. The maximum Gasteiger partial charge on any atom is 0.223 e. The van der Waals surface area contributed by atoms with Crippen LogP contribution >= 0.6 is 0 Å². The van der Waals surface area contributed by atoms with Crippen molar-refractivity contribution in [3.63, 3.8) is 0 Å². The predicted molar refractivity (Wildman–Crippen MR) is 62.7 cm³/mol. The fraction of sp³-hybridized carbons (Fsp3) is 0.917. The van der Waals surface area contributed by atoms with Crippen LogP contribution in [0.3, 0.4) is 0 Å². The average Bonchev–Trinajstić information content (AvgIpc) is 2.89. The van der Waals surface area contributed by atoms with E-state index in [4.69, 9.17) is 0 Å². The van der Waals surface area contributed by atoms with Gasteiger partial charge in [0.05, 0.1) is 0 Å². The number of nitrogens with zero attached hydrogens (tertiary/aromatic N) is 1. The van der Waals surface area contributed by atoms with Crippen LogP contribution < -0.4 is 5.32 Å². The van der Waals surface area contributed by atoms with Gasteiger partial charge in [0.2, 0.25) is 5.91 Å². The molecule has 1 amide bonds. The highest BCUT2D eigenvalue weighted by Crippen LogP contribution is 2.37. The first-order valence-corrected chi connectivity index (χ1v) is 6.00. The number of hydrogen-bond donors (Lipinski definition) is 1. The van der Waals surface area contributed by atoms with Crippen LogP contribution in [0, 0.1) is 11.8 Å². The minimum Gasteiger partial charge on any atom is -0.356 e. The first kappa shape index (κ1) is 12.5. The molecule has 0 radical (unpaired) electrons. The molecular weight excluding hydrogens is 188 g/mol. The molecule has 0 spiro atoms. The first-order chi connectivity index (χ1) is 7.02. The molecule has 0 aromatic carbocycles. The number of nitrogens with one attached hydrogen (secondary N) is 1. The standard InChI is InChI=1S/C12H24N2O/c1-9(2)14(4)7-5-6-13-12(15)11-8-10(11)3/h9-11H,5-8H2,1-4H3,(H,13,15)/t10-,11-/m0/s1. The third kappa shape index (κ3) is 4.20. The van der Waals surface area contributed by atoms with E-state index >= 15 is 0 Å². The summed E-state index contributed by atoms with van der Waals surface area (Å²) in [7, 11) is 2.12. The van der Waals surface area contributed by atoms with Crippen molar-refractivity contribution in [2.75, 3.05) is 20.1 Å². The van der Waals surface area contributed by atoms with E-state index in [9.17, 15) is 4.79 Å². The van der Waals surface area contributed by atoms with Gasteiger partial charge in [0, 0.05) is 18.5 Å². The van der Waals surface area contributed by atoms with Crippen LogP contribution in [0.5, 0.6) is 0 Å². The van der Waals surface area contributed by atoms with E-state index in [0.29, 0.717) is 17.9 Å². The van der Waals surface area contributed by atoms with Crippen molar-refractivity contribution < 1.29 is 4.79 Å². The highest BCUT2D eigenvalue weighted by Gasteiger charge is 2.38. The lowest BCUT2D eigenvalue weighted by Gasteiger charge is -2.20. The van der Waals surface area contributed by atoms with Crippen LogP contribution in [0.25, 0.3) is 0 Å². The fourth-order valence-electron chi connectivity index (χ4n) is 1.62. The van der Waals surface area contributed by atoms with E-state index in [1.165, 1.54) is 0 Å². The van der Waals surface area contributed by atoms with E-state index in [1.54, 1.807) is 0 Å². The van der Waals surface area contributed by atoms with Crippen molar-refractivity contribution >= 4 is 5.91 Å². The van der Waals surface area contributed by atoms with Crippen LogP contribution in [-0.4, -0.2) is 37.0 Å². The molecule has 88 valence electrons. The summed E-state index contributed by atoms with van der Waals surface area (Å²) >= 11 is 0. The monoisotopic (exact) mass is 212 g/mol. The second-order valence-corrected chi connectivity index (χ2v) is 5.04. The Kier molecular flexibility index (Phi) is 4.58. The zero-order chi connectivity index (χ0) is 11.4. The molecule has 1 fully saturated rings. The van der Waals surface area contributed by atoms with Crippen LogP contribution in [0.1, 0.15) is 33.6 Å². The second kappa shape index (κ2) is 5.50. The number of amides is 1. The summed E-state index contributed by atoms with van der Waals surface area (Å²) in [5, 5.41) is 3.00. The maximum absolute atomic E-state index is 11.5. The van der Waals surface area contributed by atoms with Crippen molar-refractivity contribution in [2.45, 2.75) is 39.7 Å². The Morgan fingerprint density at radius 3 is 2.60 bits per heavy atom. The molecule has 0 bridgehead atoms. The van der Waals surface area contributed by atoms with E-state index in [1.807, 2.05) is 0 Å². The van der Waals surface area contributed by atoms with Gasteiger partial charge in [0.1, 0.15) is 0 Å². The van der Waals surface area contributed by atoms with Crippen molar-refractivity contribution in [1.82, 2.24) is 10.2 Å². The van der Waals surface area contributed by atoms with Crippen molar-refractivity contribution in [1.29, 1.82) is 0 Å². The smallest absolute Gasteiger partial charge is 0.223 e. The van der Waals surface area contributed by atoms with Gasteiger partial charge in [-0.15, -0.1) is 0 Å². The van der Waals surface area contributed by atoms with Gasteiger partial charge in [-0.1, -0.05) is 6.92 Å². The molecule has 0 aromatic rings. The Balaban J connectivity index is 1.99. The summed E-state index contributed by atoms with van der Waals surface area (Å²) in [4.78, 5) is 13.8. The van der Waals surface area contributed by atoms with Gasteiger partial charge in [-0.05, 0) is 46.2 Å². The SMILES string of the molecule is CC(C)N(C)CCCNC(=O)[C@H]1C[C@@H]1C. The molecule has 1 rings (SSSR count). The van der Waals surface area contributed by atoms with Gasteiger partial charge in [-0.3, -0.25) is 4.79 Å². The third-order valence-corrected chi connectivity index (χ3v) is 3.31. The summed E-state index contributed by atoms with van der Waals surface area (Å²) in [5.41, 5.74) is 0. The molecule has 1 N–H and O–H groups in total. The summed E-state index contributed by atoms with van der Waals surface area (Å²) in [6.07, 6.45) is 2.12. The Morgan fingerprint density at radius 2 is 2.13 bits per heavy atom. The van der Waals surface area contributed by atoms with Crippen molar-refractivity contribution in [3.05, 3.63) is 0 Å². The summed E-state index contributed by atoms with van der Waals surface area (Å²) < 4.78 is 0. The van der Waals surface area contributed by atoms with E-state index in [2.05, 4.69) is 38.0 Å². The second-order valence-electron chi connectivity index (χ2n) is 5.04. The molecule has 0 unspecified atom stereocenters. The van der Waals surface area contributed by atoms with E-state index in [-0.39, 0.29) is 5.91 Å². The molecule has 1 saturated carbocycles. The highest BCUT2D eigenvalue weighted by molar-refractivity contribution is 5.81. The quantitative estimate of drug-likeness (QED) is 0.677. The Labute approximate surface area is 93.2 Å². The molecule has 3 heteroatoms.